The minimum absolute atomic E-state index is 0.135. The third-order valence-corrected chi connectivity index (χ3v) is 7.81. The number of cyclic esters (lactones) is 1. The first-order valence-electron chi connectivity index (χ1n) is 11.7. The van der Waals surface area contributed by atoms with E-state index >= 15 is 0 Å². The summed E-state index contributed by atoms with van der Waals surface area (Å²) in [6.45, 7) is 7.88. The zero-order valence-electron chi connectivity index (χ0n) is 22.8. The number of benzene rings is 2. The normalized spacial score (nSPS) is 15.2. The predicted molar refractivity (Wildman–Crippen MR) is 143 cm³/mol. The van der Waals surface area contributed by atoms with Gasteiger partial charge in [-0.1, -0.05) is 24.3 Å². The lowest BCUT2D eigenvalue weighted by atomic mass is 9.89. The molecule has 0 atom stereocenters. The van der Waals surface area contributed by atoms with E-state index in [0.717, 1.165) is 12.5 Å². The van der Waals surface area contributed by atoms with Crippen molar-refractivity contribution in [1.82, 2.24) is 0 Å². The minimum Gasteiger partial charge on any atom is -0.462 e. The summed E-state index contributed by atoms with van der Waals surface area (Å²) in [5, 5.41) is 9.50. The van der Waals surface area contributed by atoms with Gasteiger partial charge in [0.05, 0.1) is 16.4 Å². The summed E-state index contributed by atoms with van der Waals surface area (Å²) in [5.74, 6) is -1.92. The maximum atomic E-state index is 12.1. The first-order valence-corrected chi connectivity index (χ1v) is 15.5. The molecule has 212 valence electrons. The summed E-state index contributed by atoms with van der Waals surface area (Å²) in [6.07, 6.45) is 2.21. The van der Waals surface area contributed by atoms with Crippen LogP contribution in [0.4, 0.5) is 0 Å². The molecule has 12 heteroatoms. The summed E-state index contributed by atoms with van der Waals surface area (Å²) in [5.41, 5.74) is -1.39. The molecule has 0 saturated heterocycles. The molecular weight excluding hydrogens is 548 g/mol. The van der Waals surface area contributed by atoms with Gasteiger partial charge in [-0.3, -0.25) is 4.79 Å². The van der Waals surface area contributed by atoms with Gasteiger partial charge in [0.2, 0.25) is 0 Å². The molecule has 0 unspecified atom stereocenters. The monoisotopic (exact) mass is 580 g/mol. The van der Waals surface area contributed by atoms with Gasteiger partial charge in [-0.15, -0.1) is 0 Å². The Bertz CT molecular complexity index is 1510. The Morgan fingerprint density at radius 1 is 0.897 bits per heavy atom. The van der Waals surface area contributed by atoms with Gasteiger partial charge in [-0.25, -0.2) is 26.4 Å². The van der Waals surface area contributed by atoms with Crippen molar-refractivity contribution in [3.8, 4) is 0 Å². The fourth-order valence-electron chi connectivity index (χ4n) is 3.69. The van der Waals surface area contributed by atoms with Gasteiger partial charge in [0.25, 0.3) is 0 Å². The third-order valence-electron chi connectivity index (χ3n) is 5.56. The van der Waals surface area contributed by atoms with Gasteiger partial charge < -0.3 is 14.6 Å². The predicted octanol–water partition coefficient (Wildman–Crippen LogP) is 2.79. The largest absolute Gasteiger partial charge is 0.462 e. The van der Waals surface area contributed by atoms with E-state index < -0.39 is 48.6 Å². The number of carbonyl (C=O) groups is 3. The fraction of sp³-hybridized carbons (Fsp3) is 0.370. The highest BCUT2D eigenvalue weighted by atomic mass is 32.2. The molecule has 10 nitrogen and oxygen atoms in total. The Hall–Kier alpha value is -3.35. The van der Waals surface area contributed by atoms with Crippen LogP contribution >= 0.6 is 0 Å². The third kappa shape index (κ3) is 7.84. The van der Waals surface area contributed by atoms with E-state index in [0.29, 0.717) is 16.7 Å². The number of Topliss-reactive ketones (excluding diaryl/α,β-unsaturated/α-hetero) is 1. The molecule has 0 radical (unpaired) electrons. The Labute approximate surface area is 228 Å². The van der Waals surface area contributed by atoms with Crippen molar-refractivity contribution in [3.63, 3.8) is 0 Å². The second kappa shape index (κ2) is 11.4. The molecule has 2 aromatic carbocycles. The lowest BCUT2D eigenvalue weighted by molar-refractivity contribution is -0.148. The number of esters is 2. The van der Waals surface area contributed by atoms with Crippen LogP contribution in [0.5, 0.6) is 0 Å². The highest BCUT2D eigenvalue weighted by Crippen LogP contribution is 2.40. The lowest BCUT2D eigenvalue weighted by Crippen LogP contribution is -2.31. The second-order valence-electron chi connectivity index (χ2n) is 9.85. The van der Waals surface area contributed by atoms with Crippen LogP contribution in [0.2, 0.25) is 0 Å². The molecule has 2 aromatic rings. The van der Waals surface area contributed by atoms with Crippen molar-refractivity contribution >= 4 is 43.0 Å². The lowest BCUT2D eigenvalue weighted by Gasteiger charge is -2.21. The van der Waals surface area contributed by atoms with Crippen LogP contribution in [0.1, 0.15) is 50.5 Å². The fourth-order valence-corrected chi connectivity index (χ4v) is 4.95. The maximum absolute atomic E-state index is 12.1. The molecule has 0 aromatic heterocycles. The van der Waals surface area contributed by atoms with Crippen molar-refractivity contribution in [1.29, 1.82) is 0 Å². The number of ether oxygens (including phenoxy) is 2. The van der Waals surface area contributed by atoms with Crippen LogP contribution < -0.4 is 0 Å². The van der Waals surface area contributed by atoms with Crippen molar-refractivity contribution in [2.24, 2.45) is 0 Å². The molecule has 0 bridgehead atoms. The molecule has 1 heterocycles. The topological polar surface area (TPSA) is 158 Å². The molecule has 39 heavy (non-hydrogen) atoms. The van der Waals surface area contributed by atoms with Crippen LogP contribution in [0.25, 0.3) is 5.57 Å². The number of rotatable bonds is 7. The molecule has 1 aliphatic heterocycles. The standard InChI is InChI=1S/C16H18O6S.C11H14O4S/c1-5-21-14(17)12-13(16(2,3)22-15(12)18)10-6-8-11(9-7-10)23(4,19)20;1-11(2,13)10(12)8-4-6-9(7-5-8)16(3,14)15/h6-9H,5H2,1-4H3;4-7,13H,1-3H3. The SMILES string of the molecule is CC(C)(O)C(=O)c1ccc(S(C)(=O)=O)cc1.CCOC(=O)C1=C(c2ccc(S(C)(=O)=O)cc2)C(C)(C)OC1=O. The first-order chi connectivity index (χ1) is 17.7. The summed E-state index contributed by atoms with van der Waals surface area (Å²) in [4.78, 5) is 36.1. The van der Waals surface area contributed by atoms with Gasteiger partial charge in [0, 0.05) is 23.6 Å². The maximum Gasteiger partial charge on any atom is 0.346 e. The van der Waals surface area contributed by atoms with E-state index in [-0.39, 0.29) is 22.0 Å². The molecular formula is C27H32O10S2. The summed E-state index contributed by atoms with van der Waals surface area (Å²) in [7, 11) is -6.58. The van der Waals surface area contributed by atoms with Gasteiger partial charge in [0.15, 0.2) is 31.0 Å². The molecule has 0 fully saturated rings. The van der Waals surface area contributed by atoms with Crippen LogP contribution in [-0.2, 0) is 38.7 Å². The first kappa shape index (κ1) is 31.9. The van der Waals surface area contributed by atoms with Crippen molar-refractivity contribution < 1.29 is 45.8 Å². The molecule has 0 aliphatic carbocycles. The van der Waals surface area contributed by atoms with E-state index in [1.165, 1.54) is 50.2 Å². The van der Waals surface area contributed by atoms with Gasteiger partial charge in [0.1, 0.15) is 11.2 Å². The number of carbonyl (C=O) groups excluding carboxylic acids is 3. The number of sulfone groups is 2. The average molecular weight is 581 g/mol. The van der Waals surface area contributed by atoms with E-state index in [2.05, 4.69) is 0 Å². The van der Waals surface area contributed by atoms with E-state index in [1.54, 1.807) is 32.9 Å². The van der Waals surface area contributed by atoms with Crippen molar-refractivity contribution in [2.75, 3.05) is 19.1 Å². The molecule has 0 saturated carbocycles. The molecule has 3 rings (SSSR count). The van der Waals surface area contributed by atoms with Crippen LogP contribution in [-0.4, -0.2) is 70.0 Å². The van der Waals surface area contributed by atoms with Gasteiger partial charge >= 0.3 is 11.9 Å². The highest BCUT2D eigenvalue weighted by molar-refractivity contribution is 7.91. The van der Waals surface area contributed by atoms with E-state index in [1.807, 2.05) is 0 Å². The Morgan fingerprint density at radius 2 is 1.33 bits per heavy atom. The Kier molecular flexibility index (Phi) is 9.32. The zero-order chi connectivity index (χ0) is 30.0. The smallest absolute Gasteiger partial charge is 0.346 e. The quantitative estimate of drug-likeness (QED) is 0.293. The molecule has 0 amide bonds. The highest BCUT2D eigenvalue weighted by Gasteiger charge is 2.44. The minimum atomic E-state index is -3.33. The molecule has 0 spiro atoms. The summed E-state index contributed by atoms with van der Waals surface area (Å²) in [6, 6.07) is 11.5. The van der Waals surface area contributed by atoms with Gasteiger partial charge in [-0.2, -0.15) is 0 Å². The average Bonchev–Trinajstić information content (AvgIpc) is 3.05. The Morgan fingerprint density at radius 3 is 1.72 bits per heavy atom. The zero-order valence-corrected chi connectivity index (χ0v) is 24.4. The van der Waals surface area contributed by atoms with Crippen LogP contribution in [0.3, 0.4) is 0 Å². The number of aliphatic hydroxyl groups is 1. The Balaban J connectivity index is 0.000000293. The second-order valence-corrected chi connectivity index (χ2v) is 13.9. The van der Waals surface area contributed by atoms with Crippen molar-refractivity contribution in [3.05, 3.63) is 65.2 Å². The molecule has 1 aliphatic rings. The summed E-state index contributed by atoms with van der Waals surface area (Å²) < 4.78 is 55.6. The van der Waals surface area contributed by atoms with Gasteiger partial charge in [-0.05, 0) is 64.4 Å². The van der Waals surface area contributed by atoms with Crippen molar-refractivity contribution in [2.45, 2.75) is 55.6 Å². The number of hydrogen-bond donors (Lipinski definition) is 1. The van der Waals surface area contributed by atoms with Crippen LogP contribution in [0, 0.1) is 0 Å². The number of ketones is 1. The van der Waals surface area contributed by atoms with Crippen LogP contribution in [0.15, 0.2) is 63.9 Å². The van der Waals surface area contributed by atoms with E-state index in [4.69, 9.17) is 9.47 Å². The summed E-state index contributed by atoms with van der Waals surface area (Å²) >= 11 is 0. The molecule has 1 N–H and O–H groups in total. The number of hydrogen-bond acceptors (Lipinski definition) is 10. The van der Waals surface area contributed by atoms with E-state index in [9.17, 15) is 36.3 Å².